The van der Waals surface area contributed by atoms with Crippen molar-refractivity contribution >= 4 is 27.3 Å². The van der Waals surface area contributed by atoms with Crippen LogP contribution in [-0.4, -0.2) is 28.5 Å². The molecule has 0 bridgehead atoms. The summed E-state index contributed by atoms with van der Waals surface area (Å²) < 4.78 is 32.7. The molecule has 0 saturated carbocycles. The van der Waals surface area contributed by atoms with Crippen molar-refractivity contribution < 1.29 is 17.9 Å². The van der Waals surface area contributed by atoms with Gasteiger partial charge in [-0.1, -0.05) is 0 Å². The van der Waals surface area contributed by atoms with E-state index in [0.717, 1.165) is 0 Å². The quantitative estimate of drug-likeness (QED) is 0.901. The Morgan fingerprint density at radius 1 is 1.12 bits per heavy atom. The molecule has 0 unspecified atom stereocenters. The molecule has 0 atom stereocenters. The molecule has 0 aliphatic carbocycles. The highest BCUT2D eigenvalue weighted by Gasteiger charge is 2.17. The summed E-state index contributed by atoms with van der Waals surface area (Å²) in [6.45, 7) is 3.17. The molecule has 0 aliphatic rings. The van der Waals surface area contributed by atoms with E-state index in [4.69, 9.17) is 4.74 Å². The van der Waals surface area contributed by atoms with Crippen LogP contribution in [0.4, 0.5) is 11.4 Å². The normalized spacial score (nSPS) is 11.0. The third-order valence-corrected chi connectivity index (χ3v) is 5.19. The minimum Gasteiger partial charge on any atom is -0.497 e. The first-order chi connectivity index (χ1) is 11.2. The summed E-state index contributed by atoms with van der Waals surface area (Å²) in [5.74, 6) is 0.500. The third-order valence-electron chi connectivity index (χ3n) is 3.65. The molecule has 128 valence electrons. The molecule has 7 heteroatoms. The number of carbonyl (C=O) groups excluding carboxylic acids is 1. The molecular weight excluding hydrogens is 328 g/mol. The lowest BCUT2D eigenvalue weighted by Crippen LogP contribution is -2.22. The lowest BCUT2D eigenvalue weighted by atomic mass is 10.2. The zero-order valence-electron chi connectivity index (χ0n) is 14.0. The summed E-state index contributed by atoms with van der Waals surface area (Å²) >= 11 is 0. The monoisotopic (exact) mass is 348 g/mol. The number of rotatable bonds is 5. The van der Waals surface area contributed by atoms with Crippen molar-refractivity contribution in [3.05, 3.63) is 48.0 Å². The van der Waals surface area contributed by atoms with Crippen LogP contribution in [-0.2, 0) is 14.8 Å². The maximum Gasteiger partial charge on any atom is 0.262 e. The van der Waals surface area contributed by atoms with Crippen molar-refractivity contribution in [3.8, 4) is 5.75 Å². The van der Waals surface area contributed by atoms with E-state index in [1.54, 1.807) is 50.4 Å². The SMILES string of the molecule is COc1ccc(S(=O)(=O)Nc2ccc(N(C)C(C)=O)cc2)c(C)c1. The number of carbonyl (C=O) groups is 1. The van der Waals surface area contributed by atoms with Crippen LogP contribution >= 0.6 is 0 Å². The fourth-order valence-electron chi connectivity index (χ4n) is 2.20. The van der Waals surface area contributed by atoms with Gasteiger partial charge in [-0.25, -0.2) is 8.42 Å². The number of nitrogens with zero attached hydrogens (tertiary/aromatic N) is 1. The molecule has 0 spiro atoms. The molecule has 0 heterocycles. The molecule has 0 fully saturated rings. The van der Waals surface area contributed by atoms with Gasteiger partial charge in [0.2, 0.25) is 5.91 Å². The first kappa shape index (κ1) is 17.8. The Kier molecular flexibility index (Phi) is 5.14. The zero-order chi connectivity index (χ0) is 17.9. The second-order valence-electron chi connectivity index (χ2n) is 5.36. The summed E-state index contributed by atoms with van der Waals surface area (Å²) in [5.41, 5.74) is 1.70. The first-order valence-corrected chi connectivity index (χ1v) is 8.75. The number of hydrogen-bond donors (Lipinski definition) is 1. The van der Waals surface area contributed by atoms with Crippen molar-refractivity contribution in [2.45, 2.75) is 18.7 Å². The van der Waals surface area contributed by atoms with E-state index >= 15 is 0 Å². The number of methoxy groups -OCH3 is 1. The number of ether oxygens (including phenoxy) is 1. The standard InChI is InChI=1S/C17H20N2O4S/c1-12-11-16(23-4)9-10-17(12)24(21,22)18-14-5-7-15(8-6-14)19(3)13(2)20/h5-11,18H,1-4H3. The van der Waals surface area contributed by atoms with Gasteiger partial charge in [0.1, 0.15) is 5.75 Å². The maximum atomic E-state index is 12.5. The van der Waals surface area contributed by atoms with Gasteiger partial charge in [-0.15, -0.1) is 0 Å². The molecule has 0 radical (unpaired) electrons. The largest absolute Gasteiger partial charge is 0.497 e. The molecule has 2 rings (SSSR count). The lowest BCUT2D eigenvalue weighted by molar-refractivity contribution is -0.116. The second-order valence-corrected chi connectivity index (χ2v) is 7.01. The molecule has 0 aliphatic heterocycles. The lowest BCUT2D eigenvalue weighted by Gasteiger charge is -2.16. The average Bonchev–Trinajstić information content (AvgIpc) is 2.54. The Labute approximate surface area is 142 Å². The van der Waals surface area contributed by atoms with E-state index < -0.39 is 10.0 Å². The van der Waals surface area contributed by atoms with E-state index in [-0.39, 0.29) is 10.8 Å². The highest BCUT2D eigenvalue weighted by Crippen LogP contribution is 2.24. The Hall–Kier alpha value is -2.54. The summed E-state index contributed by atoms with van der Waals surface area (Å²) in [4.78, 5) is 13.0. The molecule has 1 amide bonds. The van der Waals surface area contributed by atoms with Crippen LogP contribution in [0.5, 0.6) is 5.75 Å². The predicted octanol–water partition coefficient (Wildman–Crippen LogP) is 2.79. The predicted molar refractivity (Wildman–Crippen MR) is 94.1 cm³/mol. The number of nitrogens with one attached hydrogen (secondary N) is 1. The maximum absolute atomic E-state index is 12.5. The number of hydrogen-bond acceptors (Lipinski definition) is 4. The minimum atomic E-state index is -3.70. The first-order valence-electron chi connectivity index (χ1n) is 7.26. The van der Waals surface area contributed by atoms with Crippen LogP contribution in [0.25, 0.3) is 0 Å². The van der Waals surface area contributed by atoms with Crippen molar-refractivity contribution in [1.82, 2.24) is 0 Å². The molecule has 2 aromatic carbocycles. The molecule has 24 heavy (non-hydrogen) atoms. The minimum absolute atomic E-state index is 0.0998. The number of aryl methyl sites for hydroxylation is 1. The summed E-state index contributed by atoms with van der Waals surface area (Å²) in [5, 5.41) is 0. The molecule has 1 N–H and O–H groups in total. The number of anilines is 2. The van der Waals surface area contributed by atoms with Crippen molar-refractivity contribution in [1.29, 1.82) is 0 Å². The van der Waals surface area contributed by atoms with Gasteiger partial charge < -0.3 is 9.64 Å². The Morgan fingerprint density at radius 2 is 1.75 bits per heavy atom. The number of benzene rings is 2. The van der Waals surface area contributed by atoms with Gasteiger partial charge in [0.05, 0.1) is 12.0 Å². The van der Waals surface area contributed by atoms with Gasteiger partial charge >= 0.3 is 0 Å². The third kappa shape index (κ3) is 3.86. The fraction of sp³-hybridized carbons (Fsp3) is 0.235. The van der Waals surface area contributed by atoms with Crippen LogP contribution in [0.3, 0.4) is 0 Å². The van der Waals surface area contributed by atoms with E-state index in [1.165, 1.54) is 25.0 Å². The van der Waals surface area contributed by atoms with Crippen molar-refractivity contribution in [2.24, 2.45) is 0 Å². The topological polar surface area (TPSA) is 75.7 Å². The highest BCUT2D eigenvalue weighted by molar-refractivity contribution is 7.92. The summed E-state index contributed by atoms with van der Waals surface area (Å²) in [6, 6.07) is 11.4. The second kappa shape index (κ2) is 6.92. The molecular formula is C17H20N2O4S. The smallest absolute Gasteiger partial charge is 0.262 e. The van der Waals surface area contributed by atoms with E-state index in [1.807, 2.05) is 0 Å². The van der Waals surface area contributed by atoms with Crippen LogP contribution in [0, 0.1) is 6.92 Å². The van der Waals surface area contributed by atoms with Gasteiger partial charge in [-0.05, 0) is 55.0 Å². The van der Waals surface area contributed by atoms with Crippen LogP contribution < -0.4 is 14.4 Å². The summed E-state index contributed by atoms with van der Waals surface area (Å²) in [6.07, 6.45) is 0. The molecule has 0 saturated heterocycles. The van der Waals surface area contributed by atoms with Crippen molar-refractivity contribution in [3.63, 3.8) is 0 Å². The molecule has 6 nitrogen and oxygen atoms in total. The Morgan fingerprint density at radius 3 is 2.25 bits per heavy atom. The van der Waals surface area contributed by atoms with Crippen LogP contribution in [0.2, 0.25) is 0 Å². The van der Waals surface area contributed by atoms with E-state index in [9.17, 15) is 13.2 Å². The van der Waals surface area contributed by atoms with Gasteiger partial charge in [0, 0.05) is 25.3 Å². The number of sulfonamides is 1. The van der Waals surface area contributed by atoms with Gasteiger partial charge in [-0.2, -0.15) is 0 Å². The van der Waals surface area contributed by atoms with Gasteiger partial charge in [-0.3, -0.25) is 9.52 Å². The van der Waals surface area contributed by atoms with Gasteiger partial charge in [0.25, 0.3) is 10.0 Å². The fourth-order valence-corrected chi connectivity index (χ4v) is 3.48. The average molecular weight is 348 g/mol. The van der Waals surface area contributed by atoms with E-state index in [0.29, 0.717) is 22.7 Å². The Bertz CT molecular complexity index is 845. The van der Waals surface area contributed by atoms with Crippen LogP contribution in [0.15, 0.2) is 47.4 Å². The van der Waals surface area contributed by atoms with E-state index in [2.05, 4.69) is 4.72 Å². The Balaban J connectivity index is 2.25. The van der Waals surface area contributed by atoms with Crippen LogP contribution in [0.1, 0.15) is 12.5 Å². The molecule has 0 aromatic heterocycles. The van der Waals surface area contributed by atoms with Gasteiger partial charge in [0.15, 0.2) is 0 Å². The zero-order valence-corrected chi connectivity index (χ0v) is 14.8. The summed E-state index contributed by atoms with van der Waals surface area (Å²) in [7, 11) is -0.521. The number of amides is 1. The highest BCUT2D eigenvalue weighted by atomic mass is 32.2. The van der Waals surface area contributed by atoms with Crippen molar-refractivity contribution in [2.75, 3.05) is 23.8 Å². The molecule has 2 aromatic rings.